The molecule has 0 fully saturated rings. The number of carbonyl (C=O) groups excluding carboxylic acids is 6. The lowest BCUT2D eigenvalue weighted by Crippen LogP contribution is -2.60. The monoisotopic (exact) mass is 1100 g/mol. The number of sulfonamides is 1. The second kappa shape index (κ2) is 32.2. The van der Waals surface area contributed by atoms with E-state index in [0.717, 1.165) is 5.69 Å². The van der Waals surface area contributed by atoms with E-state index in [1.165, 1.54) is 19.9 Å². The molecule has 0 aromatic heterocycles. The van der Waals surface area contributed by atoms with Gasteiger partial charge in [-0.3, -0.25) is 48.7 Å². The van der Waals surface area contributed by atoms with Crippen molar-refractivity contribution in [1.82, 2.24) is 36.6 Å². The quantitative estimate of drug-likeness (QED) is 0.0176. The molecular weight excluding hydrogens is 1030 g/mol. The van der Waals surface area contributed by atoms with Crippen molar-refractivity contribution in [2.75, 3.05) is 51.8 Å². The van der Waals surface area contributed by atoms with E-state index in [4.69, 9.17) is 45.9 Å². The van der Waals surface area contributed by atoms with Crippen molar-refractivity contribution in [1.29, 1.82) is 0 Å². The summed E-state index contributed by atoms with van der Waals surface area (Å²) in [5.41, 5.74) is 44.2. The smallest absolute Gasteiger partial charge is 0.326 e. The van der Waals surface area contributed by atoms with Gasteiger partial charge in [0.1, 0.15) is 36.3 Å². The minimum absolute atomic E-state index is 0.0142. The topological polar surface area (TPSA) is 539 Å². The summed E-state index contributed by atoms with van der Waals surface area (Å²) in [6.07, 6.45) is -0.148. The number of carboxylic acids is 1. The molecule has 0 aliphatic rings. The molecule has 0 unspecified atom stereocenters. The highest BCUT2D eigenvalue weighted by Gasteiger charge is 2.33. The van der Waals surface area contributed by atoms with Crippen LogP contribution in [0.25, 0.3) is 10.8 Å². The van der Waals surface area contributed by atoms with E-state index < -0.39 is 100 Å². The Morgan fingerprint density at radius 3 is 1.23 bits per heavy atom. The number of aliphatic carboxylic acids is 1. The summed E-state index contributed by atoms with van der Waals surface area (Å²) < 4.78 is 29.5. The normalized spacial score (nSPS) is 13.8. The first-order chi connectivity index (χ1) is 36.2. The maximum Gasteiger partial charge on any atom is 0.326 e. The molecule has 32 heteroatoms. The van der Waals surface area contributed by atoms with Gasteiger partial charge in [-0.2, -0.15) is 4.72 Å². The van der Waals surface area contributed by atoms with Crippen molar-refractivity contribution in [3.05, 3.63) is 36.4 Å². The van der Waals surface area contributed by atoms with Gasteiger partial charge in [0, 0.05) is 56.7 Å². The average molecular weight is 1110 g/mol. The fraction of sp³-hybridized carbons (Fsp3) is 0.533. The number of guanidine groups is 4. The summed E-state index contributed by atoms with van der Waals surface area (Å²) in [5, 5.41) is 35.8. The number of hydrogen-bond donors (Lipinski definition) is 17. The summed E-state index contributed by atoms with van der Waals surface area (Å²) in [4.78, 5) is 112. The Labute approximate surface area is 445 Å². The third-order valence-corrected chi connectivity index (χ3v) is 12.8. The molecule has 2 rings (SSSR count). The molecule has 6 amide bonds. The van der Waals surface area contributed by atoms with Crippen LogP contribution in [0.4, 0.5) is 5.69 Å². The molecule has 0 radical (unpaired) electrons. The van der Waals surface area contributed by atoms with Crippen molar-refractivity contribution in [2.45, 2.75) is 112 Å². The van der Waals surface area contributed by atoms with Crippen LogP contribution in [-0.4, -0.2) is 173 Å². The third kappa shape index (κ3) is 23.0. The van der Waals surface area contributed by atoms with Gasteiger partial charge in [-0.1, -0.05) is 24.3 Å². The number of amides is 6. The van der Waals surface area contributed by atoms with Gasteiger partial charge in [0.2, 0.25) is 45.5 Å². The van der Waals surface area contributed by atoms with Crippen molar-refractivity contribution < 1.29 is 52.2 Å². The SMILES string of the molecule is C[C@H](NC(=O)[C@H](C)NS(=O)(=O)c1ccc(N(C)C)c2ccccc12)C(=O)N[C@@H](CO)C(=O)N[C@@H](CCCN=C(N)N)C(=O)N[C@@H](CCCN=C(N)N)C(=O)N[C@@H](CCCN=C(N)N)C(=O)N[C@@H](CCCN=C(N)N)C(=O)O. The minimum Gasteiger partial charge on any atom is -0.480 e. The minimum atomic E-state index is -4.30. The van der Waals surface area contributed by atoms with E-state index in [0.29, 0.717) is 10.8 Å². The Kier molecular flexibility index (Phi) is 27.2. The standard InChI is InChI=1S/C45H76N20O11S/c1-24(58-36(68)25(2)64-77(75,76)34-18-17-33(65(3)4)26-11-5-6-12-27(26)34)35(67)63-32(23-66)40(72)61-29(14-8-20-55-43(48)49)38(70)59-28(13-7-19-54-42(46)47)37(69)60-30(15-9-21-56-44(50)51)39(71)62-31(41(73)74)16-10-22-57-45(52)53/h5-6,11-12,17-18,24-25,28-32,64,66H,7-10,13-16,19-23H2,1-4H3,(H,58,68)(H,59,70)(H,60,69)(H,61,72)(H,62,71)(H,63,67)(H,73,74)(H4,46,47,54)(H4,48,49,55)(H4,50,51,56)(H4,52,53,57)/t24-,25-,28-,29-,30-,31-,32-/m0/s1. The first-order valence-corrected chi connectivity index (χ1v) is 25.8. The van der Waals surface area contributed by atoms with E-state index in [-0.39, 0.29) is 106 Å². The zero-order valence-corrected chi connectivity index (χ0v) is 44.3. The number of fused-ring (bicyclic) bond motifs is 1. The number of aliphatic hydroxyl groups is 1. The summed E-state index contributed by atoms with van der Waals surface area (Å²) in [6, 6.07) is -0.499. The zero-order valence-electron chi connectivity index (χ0n) is 43.5. The van der Waals surface area contributed by atoms with Gasteiger partial charge in [-0.05, 0) is 77.3 Å². The molecular formula is C45H76N20O11S. The zero-order chi connectivity index (χ0) is 58.0. The van der Waals surface area contributed by atoms with Crippen molar-refractivity contribution >= 4 is 91.7 Å². The van der Waals surface area contributed by atoms with Gasteiger partial charge in [0.05, 0.1) is 17.5 Å². The number of anilines is 1. The lowest BCUT2D eigenvalue weighted by atomic mass is 10.0. The first-order valence-electron chi connectivity index (χ1n) is 24.3. The van der Waals surface area contributed by atoms with Crippen molar-refractivity contribution in [3.63, 3.8) is 0 Å². The number of carboxylic acid groups (broad SMARTS) is 1. The number of nitrogens with two attached hydrogens (primary N) is 8. The van der Waals surface area contributed by atoms with Gasteiger partial charge in [0.15, 0.2) is 23.8 Å². The number of aliphatic hydroxyl groups excluding tert-OH is 1. The second-order valence-electron chi connectivity index (χ2n) is 17.7. The van der Waals surface area contributed by atoms with Crippen LogP contribution in [0.15, 0.2) is 61.3 Å². The predicted molar refractivity (Wildman–Crippen MR) is 290 cm³/mol. The summed E-state index contributed by atoms with van der Waals surface area (Å²) in [7, 11) is -0.688. The van der Waals surface area contributed by atoms with Crippen LogP contribution >= 0.6 is 0 Å². The maximum atomic E-state index is 14.2. The van der Waals surface area contributed by atoms with Crippen LogP contribution in [0.2, 0.25) is 0 Å². The highest BCUT2D eigenvalue weighted by Crippen LogP contribution is 2.31. The molecule has 7 atom stereocenters. The molecule has 0 spiro atoms. The summed E-state index contributed by atoms with van der Waals surface area (Å²) in [6.45, 7) is 1.52. The lowest BCUT2D eigenvalue weighted by Gasteiger charge is -2.27. The molecule has 0 aliphatic heterocycles. The van der Waals surface area contributed by atoms with E-state index in [1.54, 1.807) is 30.3 Å². The van der Waals surface area contributed by atoms with Crippen molar-refractivity contribution in [2.24, 2.45) is 65.8 Å². The van der Waals surface area contributed by atoms with E-state index in [9.17, 15) is 52.2 Å². The van der Waals surface area contributed by atoms with Crippen LogP contribution in [0.3, 0.4) is 0 Å². The molecule has 0 aliphatic carbocycles. The molecule has 0 saturated heterocycles. The molecule has 0 saturated carbocycles. The van der Waals surface area contributed by atoms with Crippen LogP contribution < -0.4 is 87.4 Å². The lowest BCUT2D eigenvalue weighted by molar-refractivity contribution is -0.142. The molecule has 2 aromatic carbocycles. The van der Waals surface area contributed by atoms with Gasteiger partial charge < -0.3 is 92.9 Å². The third-order valence-electron chi connectivity index (χ3n) is 11.2. The second-order valence-corrected chi connectivity index (χ2v) is 19.4. The largest absolute Gasteiger partial charge is 0.480 e. The van der Waals surface area contributed by atoms with Gasteiger partial charge >= 0.3 is 5.97 Å². The first kappa shape index (κ1) is 64.9. The number of aliphatic imine (C=N–C) groups is 4. The van der Waals surface area contributed by atoms with E-state index in [1.807, 2.05) is 19.0 Å². The van der Waals surface area contributed by atoms with E-state index in [2.05, 4.69) is 56.6 Å². The van der Waals surface area contributed by atoms with Crippen LogP contribution in [-0.2, 0) is 43.6 Å². The highest BCUT2D eigenvalue weighted by atomic mass is 32.2. The fourth-order valence-corrected chi connectivity index (χ4v) is 8.71. The van der Waals surface area contributed by atoms with Gasteiger partial charge in [-0.25, -0.2) is 13.2 Å². The Balaban J connectivity index is 2.34. The van der Waals surface area contributed by atoms with Crippen LogP contribution in [0, 0.1) is 0 Å². The number of rotatable bonds is 34. The predicted octanol–water partition coefficient (Wildman–Crippen LogP) is -6.21. The average Bonchev–Trinajstić information content (AvgIpc) is 3.35. The fourth-order valence-electron chi connectivity index (χ4n) is 7.29. The number of nitrogens with one attached hydrogen (secondary N) is 7. The van der Waals surface area contributed by atoms with E-state index >= 15 is 0 Å². The van der Waals surface area contributed by atoms with Crippen molar-refractivity contribution in [3.8, 4) is 0 Å². The Hall–Kier alpha value is -8.26. The number of nitrogens with zero attached hydrogens (tertiary/aromatic N) is 5. The number of carbonyl (C=O) groups is 7. The van der Waals surface area contributed by atoms with Crippen LogP contribution in [0.1, 0.15) is 65.2 Å². The summed E-state index contributed by atoms with van der Waals surface area (Å²) >= 11 is 0. The summed E-state index contributed by atoms with van der Waals surface area (Å²) in [5.74, 6) is -8.19. The molecule has 428 valence electrons. The maximum absolute atomic E-state index is 14.2. The Morgan fingerprint density at radius 2 is 0.857 bits per heavy atom. The van der Waals surface area contributed by atoms with Gasteiger partial charge in [-0.15, -0.1) is 0 Å². The molecule has 25 N–H and O–H groups in total. The molecule has 31 nitrogen and oxygen atoms in total. The highest BCUT2D eigenvalue weighted by molar-refractivity contribution is 7.89. The number of hydrogen-bond acceptors (Lipinski definition) is 15. The molecule has 0 heterocycles. The number of benzene rings is 2. The van der Waals surface area contributed by atoms with Gasteiger partial charge in [0.25, 0.3) is 0 Å². The Morgan fingerprint density at radius 1 is 0.506 bits per heavy atom. The van der Waals surface area contributed by atoms with Crippen LogP contribution in [0.5, 0.6) is 0 Å². The molecule has 0 bridgehead atoms. The Bertz CT molecular complexity index is 2580. The molecule has 2 aromatic rings. The molecule has 77 heavy (non-hydrogen) atoms.